The van der Waals surface area contributed by atoms with Crippen molar-refractivity contribution in [2.24, 2.45) is 14.1 Å². The molecule has 2 aromatic heterocycles. The van der Waals surface area contributed by atoms with E-state index in [1.807, 2.05) is 60.7 Å². The highest BCUT2D eigenvalue weighted by Crippen LogP contribution is 2.22. The Hall–Kier alpha value is -4.47. The molecule has 0 saturated carbocycles. The molecule has 2 heterocycles. The van der Waals surface area contributed by atoms with E-state index in [0.29, 0.717) is 0 Å². The van der Waals surface area contributed by atoms with Crippen molar-refractivity contribution in [1.82, 2.24) is 24.0 Å². The van der Waals surface area contributed by atoms with Gasteiger partial charge in [-0.1, -0.05) is 60.7 Å². The number of nitrogens with one attached hydrogen (secondary N) is 1. The largest absolute Gasteiger partial charge is 0.451 e. The summed E-state index contributed by atoms with van der Waals surface area (Å²) in [6.07, 6.45) is 0.206. The van der Waals surface area contributed by atoms with E-state index >= 15 is 0 Å². The summed E-state index contributed by atoms with van der Waals surface area (Å²) in [7, 11) is 2.84. The van der Waals surface area contributed by atoms with E-state index in [0.717, 1.165) is 15.7 Å². The normalized spacial score (nSPS) is 12.0. The van der Waals surface area contributed by atoms with Crippen LogP contribution in [-0.4, -0.2) is 36.7 Å². The van der Waals surface area contributed by atoms with Crippen LogP contribution < -0.4 is 16.6 Å². The number of imidazole rings is 1. The van der Waals surface area contributed by atoms with Gasteiger partial charge in [-0.25, -0.2) is 9.78 Å². The fraction of sp³-hybridized carbons (Fsp3) is 0.240. The van der Waals surface area contributed by atoms with Crippen molar-refractivity contribution in [2.45, 2.75) is 25.6 Å². The van der Waals surface area contributed by atoms with E-state index in [2.05, 4.69) is 10.3 Å². The molecule has 0 bridgehead atoms. The molecule has 4 aromatic rings. The maximum absolute atomic E-state index is 12.9. The van der Waals surface area contributed by atoms with E-state index in [4.69, 9.17) is 4.74 Å². The van der Waals surface area contributed by atoms with Crippen molar-refractivity contribution in [2.75, 3.05) is 0 Å². The Morgan fingerprint density at radius 2 is 1.51 bits per heavy atom. The first kappa shape index (κ1) is 23.7. The van der Waals surface area contributed by atoms with Gasteiger partial charge in [-0.2, -0.15) is 0 Å². The fourth-order valence-electron chi connectivity index (χ4n) is 3.85. The second-order valence-electron chi connectivity index (χ2n) is 8.15. The first-order valence-electron chi connectivity index (χ1n) is 11.0. The minimum absolute atomic E-state index is 0.0943. The molecule has 10 nitrogen and oxygen atoms in total. The van der Waals surface area contributed by atoms with Crippen molar-refractivity contribution in [3.8, 4) is 0 Å². The van der Waals surface area contributed by atoms with E-state index < -0.39 is 35.3 Å². The maximum atomic E-state index is 12.9. The van der Waals surface area contributed by atoms with Crippen LogP contribution in [0.5, 0.6) is 0 Å². The summed E-state index contributed by atoms with van der Waals surface area (Å²) < 4.78 is 8.82. The molecule has 0 aliphatic heterocycles. The maximum Gasteiger partial charge on any atom is 0.332 e. The lowest BCUT2D eigenvalue weighted by Crippen LogP contribution is -2.39. The van der Waals surface area contributed by atoms with Gasteiger partial charge in [-0.05, 0) is 18.1 Å². The van der Waals surface area contributed by atoms with Gasteiger partial charge in [0.15, 0.2) is 17.3 Å². The number of hydrogen-bond donors (Lipinski definition) is 1. The molecule has 1 amide bonds. The Labute approximate surface area is 200 Å². The minimum Gasteiger partial charge on any atom is -0.451 e. The zero-order chi connectivity index (χ0) is 25.1. The molecule has 0 aliphatic carbocycles. The molecule has 0 radical (unpaired) electrons. The van der Waals surface area contributed by atoms with E-state index in [-0.39, 0.29) is 17.7 Å². The van der Waals surface area contributed by atoms with E-state index in [1.165, 1.54) is 36.5 Å². The lowest BCUT2D eigenvalue weighted by atomic mass is 9.98. The van der Waals surface area contributed by atoms with Crippen molar-refractivity contribution in [3.63, 3.8) is 0 Å². The Morgan fingerprint density at radius 3 is 2.09 bits per heavy atom. The number of fused-ring (bicyclic) bond motifs is 1. The van der Waals surface area contributed by atoms with Gasteiger partial charge >= 0.3 is 11.7 Å². The second kappa shape index (κ2) is 9.80. The lowest BCUT2D eigenvalue weighted by Gasteiger charge is -2.22. The van der Waals surface area contributed by atoms with Gasteiger partial charge in [0.2, 0.25) is 0 Å². The number of aromatic nitrogens is 4. The van der Waals surface area contributed by atoms with Crippen LogP contribution in [0.1, 0.15) is 24.1 Å². The molecule has 0 aliphatic rings. The highest BCUT2D eigenvalue weighted by atomic mass is 16.5. The summed E-state index contributed by atoms with van der Waals surface area (Å²) in [6, 6.07) is 18.5. The van der Waals surface area contributed by atoms with E-state index in [1.54, 1.807) is 0 Å². The number of aryl methyl sites for hydroxylation is 1. The van der Waals surface area contributed by atoms with Crippen LogP contribution in [0.4, 0.5) is 0 Å². The molecule has 1 atom stereocenters. The number of ether oxygens (including phenoxy) is 1. The van der Waals surface area contributed by atoms with Crippen LogP contribution in [0.2, 0.25) is 0 Å². The third-order valence-electron chi connectivity index (χ3n) is 5.75. The van der Waals surface area contributed by atoms with E-state index in [9.17, 15) is 19.2 Å². The highest BCUT2D eigenvalue weighted by Gasteiger charge is 2.24. The standard InChI is InChI=1S/C25H25N5O5/c1-16(23(32)27-20(17-10-6-4-7-11-17)18-12-8-5-9-13-18)35-19(31)14-30-15-26-22-21(30)24(33)29(3)25(34)28(22)2/h4-13,15-16,20H,14H2,1-3H3,(H,27,32). The van der Waals surface area contributed by atoms with Gasteiger partial charge < -0.3 is 14.6 Å². The summed E-state index contributed by atoms with van der Waals surface area (Å²) in [5, 5.41) is 2.95. The number of nitrogens with zero attached hydrogens (tertiary/aromatic N) is 4. The smallest absolute Gasteiger partial charge is 0.332 e. The number of rotatable bonds is 7. The molecule has 2 aromatic carbocycles. The van der Waals surface area contributed by atoms with Gasteiger partial charge in [-0.3, -0.25) is 23.5 Å². The summed E-state index contributed by atoms with van der Waals surface area (Å²) >= 11 is 0. The highest BCUT2D eigenvalue weighted by molar-refractivity contribution is 5.84. The Bertz CT molecular complexity index is 1450. The van der Waals surface area contributed by atoms with Gasteiger partial charge in [0, 0.05) is 14.1 Å². The van der Waals surface area contributed by atoms with Gasteiger partial charge in [-0.15, -0.1) is 0 Å². The zero-order valence-corrected chi connectivity index (χ0v) is 19.5. The first-order valence-corrected chi connectivity index (χ1v) is 11.0. The molecule has 0 fully saturated rings. The molecule has 1 unspecified atom stereocenters. The minimum atomic E-state index is -1.08. The molecular weight excluding hydrogens is 450 g/mol. The zero-order valence-electron chi connectivity index (χ0n) is 19.5. The van der Waals surface area contributed by atoms with Crippen LogP contribution in [0, 0.1) is 0 Å². The van der Waals surface area contributed by atoms with Crippen LogP contribution in [0.15, 0.2) is 76.6 Å². The molecular formula is C25H25N5O5. The SMILES string of the molecule is CC(OC(=O)Cn1cnc2c1c(=O)n(C)c(=O)n2C)C(=O)NC(c1ccccc1)c1ccccc1. The molecule has 35 heavy (non-hydrogen) atoms. The average Bonchev–Trinajstić information content (AvgIpc) is 3.29. The molecule has 10 heteroatoms. The predicted octanol–water partition coefficient (Wildman–Crippen LogP) is 1.27. The van der Waals surface area contributed by atoms with Crippen molar-refractivity contribution in [1.29, 1.82) is 0 Å². The van der Waals surface area contributed by atoms with Crippen LogP contribution in [-0.2, 0) is 35.0 Å². The van der Waals surface area contributed by atoms with Crippen LogP contribution in [0.3, 0.4) is 0 Å². The molecule has 180 valence electrons. The van der Waals surface area contributed by atoms with Gasteiger partial charge in [0.25, 0.3) is 11.5 Å². The summed E-state index contributed by atoms with van der Waals surface area (Å²) in [5.74, 6) is -1.19. The number of benzene rings is 2. The molecule has 0 saturated heterocycles. The number of carbonyl (C=O) groups is 2. The molecule has 4 rings (SSSR count). The van der Waals surface area contributed by atoms with Crippen LogP contribution in [0.25, 0.3) is 11.2 Å². The quantitative estimate of drug-likeness (QED) is 0.403. The lowest BCUT2D eigenvalue weighted by molar-refractivity contribution is -0.155. The Morgan fingerprint density at radius 1 is 0.943 bits per heavy atom. The fourth-order valence-corrected chi connectivity index (χ4v) is 3.85. The number of amides is 1. The van der Waals surface area contributed by atoms with Crippen LogP contribution >= 0.6 is 0 Å². The van der Waals surface area contributed by atoms with Gasteiger partial charge in [0.1, 0.15) is 6.54 Å². The Kier molecular flexibility index (Phi) is 6.63. The number of hydrogen-bond acceptors (Lipinski definition) is 6. The van der Waals surface area contributed by atoms with Gasteiger partial charge in [0.05, 0.1) is 12.4 Å². The Balaban J connectivity index is 1.49. The summed E-state index contributed by atoms with van der Waals surface area (Å²) in [4.78, 5) is 54.3. The first-order chi connectivity index (χ1) is 16.8. The summed E-state index contributed by atoms with van der Waals surface area (Å²) in [6.45, 7) is 1.14. The monoisotopic (exact) mass is 475 g/mol. The predicted molar refractivity (Wildman–Crippen MR) is 129 cm³/mol. The third-order valence-corrected chi connectivity index (χ3v) is 5.75. The molecule has 0 spiro atoms. The topological polar surface area (TPSA) is 117 Å². The second-order valence-corrected chi connectivity index (χ2v) is 8.15. The number of carbonyl (C=O) groups excluding carboxylic acids is 2. The molecule has 1 N–H and O–H groups in total. The third kappa shape index (κ3) is 4.77. The van der Waals surface area contributed by atoms with Crippen molar-refractivity contribution >= 4 is 23.0 Å². The van der Waals surface area contributed by atoms with Crippen molar-refractivity contribution < 1.29 is 14.3 Å². The number of esters is 1. The van der Waals surface area contributed by atoms with Crippen molar-refractivity contribution in [3.05, 3.63) is 99.0 Å². The summed E-state index contributed by atoms with van der Waals surface area (Å²) in [5.41, 5.74) is 0.927. The average molecular weight is 476 g/mol.